The lowest BCUT2D eigenvalue weighted by Crippen LogP contribution is -2.31. The molecule has 140 valence electrons. The number of ether oxygens (including phenoxy) is 1. The molecule has 0 saturated carbocycles. The summed E-state index contributed by atoms with van der Waals surface area (Å²) in [6.45, 7) is 5.36. The Hall–Kier alpha value is -2.87. The van der Waals surface area contributed by atoms with E-state index in [2.05, 4.69) is 21.9 Å². The van der Waals surface area contributed by atoms with Gasteiger partial charge in [0.15, 0.2) is 5.16 Å². The number of allylic oxidation sites excluding steroid dienone is 1. The second kappa shape index (κ2) is 7.79. The van der Waals surface area contributed by atoms with Crippen LogP contribution in [0.5, 0.6) is 0 Å². The van der Waals surface area contributed by atoms with E-state index in [9.17, 15) is 14.0 Å². The smallest absolute Gasteiger partial charge is 0.336 e. The zero-order chi connectivity index (χ0) is 19.6. The number of hydrogen-bond acceptors (Lipinski definition) is 6. The van der Waals surface area contributed by atoms with Gasteiger partial charge in [0.1, 0.15) is 11.6 Å². The predicted octanol–water partition coefficient (Wildman–Crippen LogP) is 3.19. The number of aromatic amines is 1. The number of esters is 1. The van der Waals surface area contributed by atoms with Crippen LogP contribution in [0.25, 0.3) is 0 Å². The Morgan fingerprint density at radius 3 is 2.74 bits per heavy atom. The van der Waals surface area contributed by atoms with Gasteiger partial charge in [-0.1, -0.05) is 30.0 Å². The summed E-state index contributed by atoms with van der Waals surface area (Å²) in [6.07, 6.45) is 1.71. The number of carbonyl (C=O) groups is 1. The number of rotatable bonds is 5. The zero-order valence-electron chi connectivity index (χ0n) is 14.8. The molecular formula is C19H18FN3O3S. The zero-order valence-corrected chi connectivity index (χ0v) is 15.7. The standard InChI is InChI=1S/C19H18FN3O3S/c1-4-9-27-19-22-16-15(17(24)23-19)14(11-5-7-12(20)8-6-11)13(10(2)21-16)18(25)26-3/h4-8,14H,1,9H2,2-3H3,(H2,21,22,23,24)/t14-/m1/s1. The lowest BCUT2D eigenvalue weighted by atomic mass is 9.82. The van der Waals surface area contributed by atoms with Gasteiger partial charge >= 0.3 is 5.97 Å². The highest BCUT2D eigenvalue weighted by Gasteiger charge is 2.36. The molecule has 8 heteroatoms. The van der Waals surface area contributed by atoms with Crippen LogP contribution in [0.2, 0.25) is 0 Å². The summed E-state index contributed by atoms with van der Waals surface area (Å²) in [5.74, 6) is -0.736. The van der Waals surface area contributed by atoms with Crippen molar-refractivity contribution in [2.45, 2.75) is 18.0 Å². The molecule has 6 nitrogen and oxygen atoms in total. The van der Waals surface area contributed by atoms with Gasteiger partial charge in [-0.15, -0.1) is 6.58 Å². The molecule has 1 aliphatic rings. The average Bonchev–Trinajstić information content (AvgIpc) is 2.65. The minimum Gasteiger partial charge on any atom is -0.466 e. The van der Waals surface area contributed by atoms with Crippen molar-refractivity contribution in [3.63, 3.8) is 0 Å². The number of nitrogens with one attached hydrogen (secondary N) is 2. The molecule has 0 fully saturated rings. The van der Waals surface area contributed by atoms with Gasteiger partial charge in [-0.05, 0) is 24.6 Å². The number of hydrogen-bond donors (Lipinski definition) is 2. The van der Waals surface area contributed by atoms with Crippen LogP contribution in [0.15, 0.2) is 58.1 Å². The van der Waals surface area contributed by atoms with Gasteiger partial charge in [0.05, 0.1) is 24.2 Å². The summed E-state index contributed by atoms with van der Waals surface area (Å²) in [5.41, 5.74) is 1.33. The molecule has 1 aromatic heterocycles. The monoisotopic (exact) mass is 387 g/mol. The van der Waals surface area contributed by atoms with E-state index in [0.717, 1.165) is 0 Å². The maximum absolute atomic E-state index is 13.4. The fraction of sp³-hybridized carbons (Fsp3) is 0.211. The van der Waals surface area contributed by atoms with Crippen LogP contribution in [0.3, 0.4) is 0 Å². The second-order valence-electron chi connectivity index (χ2n) is 5.87. The number of benzene rings is 1. The molecule has 0 radical (unpaired) electrons. The first-order chi connectivity index (χ1) is 13.0. The summed E-state index contributed by atoms with van der Waals surface area (Å²) in [4.78, 5) is 32.4. The molecule has 27 heavy (non-hydrogen) atoms. The third-order valence-corrected chi connectivity index (χ3v) is 5.04. The highest BCUT2D eigenvalue weighted by atomic mass is 32.2. The van der Waals surface area contributed by atoms with Gasteiger partial charge < -0.3 is 15.0 Å². The van der Waals surface area contributed by atoms with Gasteiger partial charge in [0.25, 0.3) is 5.56 Å². The number of nitrogens with zero attached hydrogens (tertiary/aromatic N) is 1. The van der Waals surface area contributed by atoms with Crippen LogP contribution in [0, 0.1) is 5.82 Å². The van der Waals surface area contributed by atoms with E-state index < -0.39 is 17.7 Å². The number of fused-ring (bicyclic) bond motifs is 1. The molecule has 0 spiro atoms. The lowest BCUT2D eigenvalue weighted by molar-refractivity contribution is -0.136. The molecule has 0 amide bonds. The lowest BCUT2D eigenvalue weighted by Gasteiger charge is -2.28. The van der Waals surface area contributed by atoms with Gasteiger partial charge in [0.2, 0.25) is 0 Å². The van der Waals surface area contributed by atoms with Crippen LogP contribution >= 0.6 is 11.8 Å². The van der Waals surface area contributed by atoms with Crippen LogP contribution in [-0.4, -0.2) is 28.8 Å². The summed E-state index contributed by atoms with van der Waals surface area (Å²) in [7, 11) is 1.28. The van der Waals surface area contributed by atoms with E-state index in [0.29, 0.717) is 28.0 Å². The van der Waals surface area contributed by atoms with E-state index in [1.165, 1.54) is 31.0 Å². The quantitative estimate of drug-likeness (QED) is 0.355. The van der Waals surface area contributed by atoms with E-state index >= 15 is 0 Å². The van der Waals surface area contributed by atoms with Crippen LogP contribution in [-0.2, 0) is 9.53 Å². The normalized spacial score (nSPS) is 15.7. The van der Waals surface area contributed by atoms with Crippen molar-refractivity contribution in [3.8, 4) is 0 Å². The van der Waals surface area contributed by atoms with Gasteiger partial charge in [-0.2, -0.15) is 0 Å². The van der Waals surface area contributed by atoms with Gasteiger partial charge in [-0.25, -0.2) is 14.2 Å². The molecule has 0 saturated heterocycles. The highest BCUT2D eigenvalue weighted by molar-refractivity contribution is 7.99. The summed E-state index contributed by atoms with van der Waals surface area (Å²) >= 11 is 1.34. The molecule has 2 aromatic rings. The Kier molecular flexibility index (Phi) is 5.46. The molecule has 1 atom stereocenters. The molecule has 0 unspecified atom stereocenters. The Labute approximate surface area is 159 Å². The van der Waals surface area contributed by atoms with Crippen molar-refractivity contribution in [1.82, 2.24) is 9.97 Å². The van der Waals surface area contributed by atoms with Crippen LogP contribution < -0.4 is 10.9 Å². The van der Waals surface area contributed by atoms with E-state index in [-0.39, 0.29) is 16.7 Å². The Bertz CT molecular complexity index is 983. The van der Waals surface area contributed by atoms with Crippen molar-refractivity contribution < 1.29 is 13.9 Å². The topological polar surface area (TPSA) is 84.1 Å². The first-order valence-electron chi connectivity index (χ1n) is 8.15. The van der Waals surface area contributed by atoms with Crippen molar-refractivity contribution in [2.24, 2.45) is 0 Å². The molecule has 1 aliphatic heterocycles. The SMILES string of the molecule is C=CCSc1nc2c(c(=O)[nH]1)[C@H](c1ccc(F)cc1)C(C(=O)OC)=C(C)N2. The first-order valence-corrected chi connectivity index (χ1v) is 9.14. The number of methoxy groups -OCH3 is 1. The summed E-state index contributed by atoms with van der Waals surface area (Å²) in [5, 5.41) is 3.47. The third kappa shape index (κ3) is 3.66. The van der Waals surface area contributed by atoms with E-state index in [4.69, 9.17) is 4.74 Å². The average molecular weight is 387 g/mol. The van der Waals surface area contributed by atoms with Crippen LogP contribution in [0.1, 0.15) is 24.0 Å². The molecule has 3 rings (SSSR count). The highest BCUT2D eigenvalue weighted by Crippen LogP contribution is 2.40. The molecular weight excluding hydrogens is 369 g/mol. The number of H-pyrrole nitrogens is 1. The Balaban J connectivity index is 2.21. The summed E-state index contributed by atoms with van der Waals surface area (Å²) in [6, 6.07) is 5.67. The van der Waals surface area contributed by atoms with E-state index in [1.54, 1.807) is 25.1 Å². The van der Waals surface area contributed by atoms with Crippen LogP contribution in [0.4, 0.5) is 10.2 Å². The first kappa shape index (κ1) is 18.9. The molecule has 0 bridgehead atoms. The Morgan fingerprint density at radius 1 is 1.41 bits per heavy atom. The minimum absolute atomic E-state index is 0.287. The fourth-order valence-corrected chi connectivity index (χ4v) is 3.60. The van der Waals surface area contributed by atoms with Crippen molar-refractivity contribution >= 4 is 23.5 Å². The second-order valence-corrected chi connectivity index (χ2v) is 6.88. The number of thioether (sulfide) groups is 1. The fourth-order valence-electron chi connectivity index (χ4n) is 3.01. The van der Waals surface area contributed by atoms with Crippen molar-refractivity contribution in [3.05, 3.63) is 75.5 Å². The van der Waals surface area contributed by atoms with E-state index in [1.807, 2.05) is 0 Å². The third-order valence-electron chi connectivity index (χ3n) is 4.17. The number of carbonyl (C=O) groups excluding carboxylic acids is 1. The predicted molar refractivity (Wildman–Crippen MR) is 102 cm³/mol. The molecule has 2 N–H and O–H groups in total. The molecule has 2 heterocycles. The number of anilines is 1. The molecule has 1 aromatic carbocycles. The number of aromatic nitrogens is 2. The summed E-state index contributed by atoms with van der Waals surface area (Å²) < 4.78 is 18.3. The molecule has 0 aliphatic carbocycles. The maximum Gasteiger partial charge on any atom is 0.336 e. The Morgan fingerprint density at radius 2 is 2.11 bits per heavy atom. The largest absolute Gasteiger partial charge is 0.466 e. The van der Waals surface area contributed by atoms with Crippen molar-refractivity contribution in [1.29, 1.82) is 0 Å². The number of halogens is 1. The van der Waals surface area contributed by atoms with Crippen molar-refractivity contribution in [2.75, 3.05) is 18.2 Å². The van der Waals surface area contributed by atoms with Gasteiger partial charge in [0, 0.05) is 11.4 Å². The maximum atomic E-state index is 13.4. The minimum atomic E-state index is -0.719. The van der Waals surface area contributed by atoms with Gasteiger partial charge in [-0.3, -0.25) is 4.79 Å².